The summed E-state index contributed by atoms with van der Waals surface area (Å²) in [7, 11) is 0. The molecule has 0 aromatic heterocycles. The van der Waals surface area contributed by atoms with Crippen molar-refractivity contribution in [1.29, 1.82) is 0 Å². The molecule has 0 spiro atoms. The summed E-state index contributed by atoms with van der Waals surface area (Å²) in [5, 5.41) is 5.47. The lowest BCUT2D eigenvalue weighted by atomic mass is 9.95. The fraction of sp³-hybridized carbons (Fsp3) is 0.381. The van der Waals surface area contributed by atoms with E-state index in [1.54, 1.807) is 12.1 Å². The van der Waals surface area contributed by atoms with Gasteiger partial charge in [0.15, 0.2) is 11.5 Å². The second-order valence-electron chi connectivity index (χ2n) is 6.37. The summed E-state index contributed by atoms with van der Waals surface area (Å²) in [6.07, 6.45) is 0. The molecule has 0 saturated heterocycles. The molecule has 2 aromatic carbocycles. The number of benzene rings is 2. The van der Waals surface area contributed by atoms with Gasteiger partial charge in [-0.25, -0.2) is 9.18 Å². The molecule has 0 aliphatic rings. The number of ether oxygens (including phenoxy) is 2. The Morgan fingerprint density at radius 1 is 1.04 bits per heavy atom. The molecule has 2 amide bonds. The Kier molecular flexibility index (Phi) is 7.46. The Labute approximate surface area is 159 Å². The topological polar surface area (TPSA) is 59.6 Å². The molecule has 0 aliphatic carbocycles. The molecule has 0 unspecified atom stereocenters. The van der Waals surface area contributed by atoms with E-state index in [9.17, 15) is 9.18 Å². The highest BCUT2D eigenvalue weighted by Crippen LogP contribution is 2.33. The minimum absolute atomic E-state index is 0.115. The molecule has 0 saturated carbocycles. The van der Waals surface area contributed by atoms with Gasteiger partial charge in [0.05, 0.1) is 24.9 Å². The third-order valence-corrected chi connectivity index (χ3v) is 4.00. The molecule has 0 heterocycles. The third kappa shape index (κ3) is 5.61. The molecular weight excluding hydrogens is 347 g/mol. The van der Waals surface area contributed by atoms with Gasteiger partial charge in [0.1, 0.15) is 5.82 Å². The molecule has 146 valence electrons. The number of amides is 2. The second-order valence-corrected chi connectivity index (χ2v) is 6.37. The van der Waals surface area contributed by atoms with E-state index in [4.69, 9.17) is 9.47 Å². The van der Waals surface area contributed by atoms with Crippen LogP contribution in [0.25, 0.3) is 0 Å². The number of nitrogens with one attached hydrogen (secondary N) is 2. The Morgan fingerprint density at radius 3 is 2.33 bits per heavy atom. The van der Waals surface area contributed by atoms with E-state index < -0.39 is 11.8 Å². The number of carbonyl (C=O) groups excluding carboxylic acids is 1. The molecule has 1 atom stereocenters. The zero-order chi connectivity index (χ0) is 19.8. The van der Waals surface area contributed by atoms with Crippen LogP contribution in [-0.4, -0.2) is 19.2 Å². The van der Waals surface area contributed by atoms with E-state index in [1.165, 1.54) is 12.1 Å². The third-order valence-electron chi connectivity index (χ3n) is 4.00. The maximum absolute atomic E-state index is 13.8. The molecule has 2 rings (SSSR count). The van der Waals surface area contributed by atoms with E-state index in [1.807, 2.05) is 45.9 Å². The van der Waals surface area contributed by atoms with Crippen molar-refractivity contribution in [2.75, 3.05) is 18.5 Å². The monoisotopic (exact) mass is 374 g/mol. The number of hydrogen-bond donors (Lipinski definition) is 2. The summed E-state index contributed by atoms with van der Waals surface area (Å²) in [5.74, 6) is 0.942. The zero-order valence-electron chi connectivity index (χ0n) is 16.2. The first kappa shape index (κ1) is 20.6. The molecule has 0 aliphatic heterocycles. The Morgan fingerprint density at radius 2 is 1.70 bits per heavy atom. The van der Waals surface area contributed by atoms with Crippen LogP contribution in [0.4, 0.5) is 14.9 Å². The lowest BCUT2D eigenvalue weighted by molar-refractivity contribution is 0.244. The lowest BCUT2D eigenvalue weighted by Gasteiger charge is -2.24. The molecule has 0 fully saturated rings. The van der Waals surface area contributed by atoms with E-state index in [-0.39, 0.29) is 17.6 Å². The van der Waals surface area contributed by atoms with Crippen LogP contribution < -0.4 is 20.1 Å². The minimum Gasteiger partial charge on any atom is -0.490 e. The SMILES string of the molecule is CCOc1ccc([C@@H](NC(=O)Nc2ccccc2F)C(C)C)cc1OCC. The molecule has 27 heavy (non-hydrogen) atoms. The number of hydrogen-bond acceptors (Lipinski definition) is 3. The highest BCUT2D eigenvalue weighted by Gasteiger charge is 2.21. The van der Waals surface area contributed by atoms with Crippen molar-refractivity contribution in [3.8, 4) is 11.5 Å². The molecule has 6 heteroatoms. The predicted octanol–water partition coefficient (Wildman–Crippen LogP) is 5.14. The van der Waals surface area contributed by atoms with Crippen LogP contribution in [0.5, 0.6) is 11.5 Å². The number of anilines is 1. The number of urea groups is 1. The fourth-order valence-electron chi connectivity index (χ4n) is 2.76. The van der Waals surface area contributed by atoms with Gasteiger partial charge in [-0.3, -0.25) is 0 Å². The van der Waals surface area contributed by atoms with Crippen molar-refractivity contribution in [3.63, 3.8) is 0 Å². The van der Waals surface area contributed by atoms with Gasteiger partial charge in [0.2, 0.25) is 0 Å². The molecule has 0 bridgehead atoms. The molecule has 5 nitrogen and oxygen atoms in total. The summed E-state index contributed by atoms with van der Waals surface area (Å²) in [4.78, 5) is 12.4. The predicted molar refractivity (Wildman–Crippen MR) is 105 cm³/mol. The summed E-state index contributed by atoms with van der Waals surface area (Å²) in [6, 6.07) is 10.9. The van der Waals surface area contributed by atoms with Crippen LogP contribution in [0.15, 0.2) is 42.5 Å². The Hall–Kier alpha value is -2.76. The van der Waals surface area contributed by atoms with Gasteiger partial charge in [0, 0.05) is 0 Å². The number of carbonyl (C=O) groups is 1. The summed E-state index contributed by atoms with van der Waals surface area (Å²) in [6.45, 7) is 8.88. The van der Waals surface area contributed by atoms with Gasteiger partial charge < -0.3 is 20.1 Å². The van der Waals surface area contributed by atoms with Gasteiger partial charge in [-0.2, -0.15) is 0 Å². The van der Waals surface area contributed by atoms with Crippen LogP contribution in [0.2, 0.25) is 0 Å². The van der Waals surface area contributed by atoms with Crippen LogP contribution in [0.3, 0.4) is 0 Å². The quantitative estimate of drug-likeness (QED) is 0.672. The smallest absolute Gasteiger partial charge is 0.319 e. The molecular formula is C21H27FN2O3. The molecule has 0 radical (unpaired) electrons. The average molecular weight is 374 g/mol. The largest absolute Gasteiger partial charge is 0.490 e. The first-order chi connectivity index (χ1) is 13.0. The maximum Gasteiger partial charge on any atom is 0.319 e. The van der Waals surface area contributed by atoms with Crippen molar-refractivity contribution in [1.82, 2.24) is 5.32 Å². The van der Waals surface area contributed by atoms with E-state index >= 15 is 0 Å². The van der Waals surface area contributed by atoms with Crippen molar-refractivity contribution < 1.29 is 18.7 Å². The van der Waals surface area contributed by atoms with Gasteiger partial charge >= 0.3 is 6.03 Å². The lowest BCUT2D eigenvalue weighted by Crippen LogP contribution is -2.35. The summed E-state index contributed by atoms with van der Waals surface area (Å²) >= 11 is 0. The van der Waals surface area contributed by atoms with Crippen LogP contribution >= 0.6 is 0 Å². The standard InChI is InChI=1S/C21H27FN2O3/c1-5-26-18-12-11-15(13-19(18)27-6-2)20(14(3)4)24-21(25)23-17-10-8-7-9-16(17)22/h7-14,20H,5-6H2,1-4H3,(H2,23,24,25)/t20-/m0/s1. The van der Waals surface area contributed by atoms with E-state index in [0.29, 0.717) is 24.7 Å². The summed E-state index contributed by atoms with van der Waals surface area (Å²) in [5.41, 5.74) is 1.03. The average Bonchev–Trinajstić information content (AvgIpc) is 2.63. The van der Waals surface area contributed by atoms with Crippen molar-refractivity contribution in [2.24, 2.45) is 5.92 Å². The minimum atomic E-state index is -0.478. The van der Waals surface area contributed by atoms with Crippen molar-refractivity contribution in [2.45, 2.75) is 33.7 Å². The van der Waals surface area contributed by atoms with Crippen molar-refractivity contribution in [3.05, 3.63) is 53.8 Å². The first-order valence-corrected chi connectivity index (χ1v) is 9.17. The Bertz CT molecular complexity index is 765. The van der Waals surface area contributed by atoms with E-state index in [2.05, 4.69) is 10.6 Å². The van der Waals surface area contributed by atoms with Crippen LogP contribution in [0, 0.1) is 11.7 Å². The van der Waals surface area contributed by atoms with Crippen LogP contribution in [0.1, 0.15) is 39.3 Å². The fourth-order valence-corrected chi connectivity index (χ4v) is 2.76. The summed E-state index contributed by atoms with van der Waals surface area (Å²) < 4.78 is 25.0. The highest BCUT2D eigenvalue weighted by atomic mass is 19.1. The highest BCUT2D eigenvalue weighted by molar-refractivity contribution is 5.89. The number of para-hydroxylation sites is 1. The van der Waals surface area contributed by atoms with Crippen molar-refractivity contribution >= 4 is 11.7 Å². The number of halogens is 1. The normalized spacial score (nSPS) is 11.8. The molecule has 2 aromatic rings. The van der Waals surface area contributed by atoms with Gasteiger partial charge in [-0.05, 0) is 49.6 Å². The first-order valence-electron chi connectivity index (χ1n) is 9.17. The van der Waals surface area contributed by atoms with E-state index in [0.717, 1.165) is 5.56 Å². The number of rotatable bonds is 8. The second kappa shape index (κ2) is 9.80. The van der Waals surface area contributed by atoms with Crippen LogP contribution in [-0.2, 0) is 0 Å². The molecule has 2 N–H and O–H groups in total. The Balaban J connectivity index is 2.20. The maximum atomic E-state index is 13.8. The zero-order valence-corrected chi connectivity index (χ0v) is 16.2. The van der Waals surface area contributed by atoms with Gasteiger partial charge in [-0.15, -0.1) is 0 Å². The van der Waals surface area contributed by atoms with Gasteiger partial charge in [-0.1, -0.05) is 32.0 Å². The van der Waals surface area contributed by atoms with Gasteiger partial charge in [0.25, 0.3) is 0 Å².